The molecule has 0 spiro atoms. The van der Waals surface area contributed by atoms with Gasteiger partial charge in [-0.15, -0.1) is 0 Å². The summed E-state index contributed by atoms with van der Waals surface area (Å²) in [6.45, 7) is 8.01. The van der Waals surface area contributed by atoms with Crippen molar-refractivity contribution in [2.24, 2.45) is 0 Å². The molecule has 5 heteroatoms. The van der Waals surface area contributed by atoms with E-state index >= 15 is 0 Å². The summed E-state index contributed by atoms with van der Waals surface area (Å²) in [5.74, 6) is 1.17. The van der Waals surface area contributed by atoms with E-state index in [0.717, 1.165) is 37.0 Å². The fourth-order valence-corrected chi connectivity index (χ4v) is 3.28. The van der Waals surface area contributed by atoms with E-state index in [2.05, 4.69) is 64.3 Å². The van der Waals surface area contributed by atoms with Crippen molar-refractivity contribution in [3.63, 3.8) is 0 Å². The molecule has 2 N–H and O–H groups in total. The van der Waals surface area contributed by atoms with Gasteiger partial charge in [-0.3, -0.25) is 4.90 Å². The van der Waals surface area contributed by atoms with Crippen LogP contribution in [0.15, 0.2) is 42.6 Å². The molecule has 0 unspecified atom stereocenters. The summed E-state index contributed by atoms with van der Waals surface area (Å²) < 4.78 is 0. The summed E-state index contributed by atoms with van der Waals surface area (Å²) in [6.07, 6.45) is 1.97. The molecule has 4 nitrogen and oxygen atoms in total. The van der Waals surface area contributed by atoms with Crippen LogP contribution < -0.4 is 15.2 Å². The van der Waals surface area contributed by atoms with Gasteiger partial charge in [-0.25, -0.2) is 4.98 Å². The van der Waals surface area contributed by atoms with Gasteiger partial charge in [0.25, 0.3) is 5.82 Å². The van der Waals surface area contributed by atoms with Crippen LogP contribution in [0.4, 0.5) is 11.5 Å². The lowest BCUT2D eigenvalue weighted by atomic mass is 10.1. The normalized spacial score (nSPS) is 14.7. The summed E-state index contributed by atoms with van der Waals surface area (Å²) >= 11 is 5.59. The quantitative estimate of drug-likeness (QED) is 0.860. The Kier molecular flexibility index (Phi) is 4.76. The molecule has 0 atom stereocenters. The number of aromatic amines is 1. The molecule has 1 saturated heterocycles. The molecule has 2 aromatic rings. The Labute approximate surface area is 143 Å². The molecule has 0 saturated carbocycles. The number of thiocarbonyl (C=S) groups is 1. The van der Waals surface area contributed by atoms with Crippen molar-refractivity contribution in [1.82, 2.24) is 4.90 Å². The number of nitrogens with zero attached hydrogens (tertiary/aromatic N) is 2. The number of aromatic nitrogens is 1. The van der Waals surface area contributed by atoms with Crippen LogP contribution in [0.5, 0.6) is 0 Å². The zero-order chi connectivity index (χ0) is 16.2. The predicted octanol–water partition coefficient (Wildman–Crippen LogP) is 2.64. The Morgan fingerprint density at radius 2 is 1.74 bits per heavy atom. The van der Waals surface area contributed by atoms with Crippen molar-refractivity contribution in [3.8, 4) is 0 Å². The number of anilines is 2. The zero-order valence-electron chi connectivity index (χ0n) is 13.7. The van der Waals surface area contributed by atoms with Crippen LogP contribution in [0.2, 0.25) is 0 Å². The first-order valence-corrected chi connectivity index (χ1v) is 8.38. The minimum atomic E-state index is 0.812. The summed E-state index contributed by atoms with van der Waals surface area (Å²) in [6, 6.07) is 12.6. The van der Waals surface area contributed by atoms with E-state index < -0.39 is 0 Å². The molecule has 0 amide bonds. The number of nitrogens with one attached hydrogen (secondary N) is 2. The monoisotopic (exact) mass is 327 g/mol. The summed E-state index contributed by atoms with van der Waals surface area (Å²) in [5, 5.41) is 4.19. The van der Waals surface area contributed by atoms with Gasteiger partial charge in [0.05, 0.1) is 19.3 Å². The molecule has 1 aliphatic heterocycles. The molecular weight excluding hydrogens is 304 g/mol. The van der Waals surface area contributed by atoms with Crippen LogP contribution in [0.3, 0.4) is 0 Å². The number of hydrogen-bond donors (Lipinski definition) is 1. The summed E-state index contributed by atoms with van der Waals surface area (Å²) in [5.41, 5.74) is 3.57. The first-order chi connectivity index (χ1) is 11.1. The van der Waals surface area contributed by atoms with Crippen LogP contribution >= 0.6 is 12.2 Å². The highest BCUT2D eigenvalue weighted by Crippen LogP contribution is 2.16. The number of pyridine rings is 1. The lowest BCUT2D eigenvalue weighted by Crippen LogP contribution is -2.51. The highest BCUT2D eigenvalue weighted by atomic mass is 32.1. The predicted molar refractivity (Wildman–Crippen MR) is 98.9 cm³/mol. The number of H-pyrrole nitrogens is 1. The average Bonchev–Trinajstić information content (AvgIpc) is 2.55. The standard InChI is InChI=1S/C18H22N4S/c1-14-11-15(2)13-16(12-14)20-18(23)22-9-7-21(8-10-22)17-5-3-4-6-19-17/h3-6,11-13H,7-10H2,1-2H3,(H,20,23)/p+1. The third-order valence-corrected chi connectivity index (χ3v) is 4.43. The van der Waals surface area contributed by atoms with Crippen molar-refractivity contribution in [2.75, 3.05) is 36.4 Å². The Hall–Kier alpha value is -2.14. The van der Waals surface area contributed by atoms with Crippen LogP contribution in [-0.4, -0.2) is 36.2 Å². The van der Waals surface area contributed by atoms with Gasteiger partial charge in [0.15, 0.2) is 5.11 Å². The van der Waals surface area contributed by atoms with Gasteiger partial charge in [0.1, 0.15) is 13.1 Å². The van der Waals surface area contributed by atoms with Gasteiger partial charge in [0, 0.05) is 11.8 Å². The maximum Gasteiger partial charge on any atom is 0.274 e. The number of rotatable bonds is 2. The second kappa shape index (κ2) is 6.96. The third-order valence-electron chi connectivity index (χ3n) is 4.07. The second-order valence-electron chi connectivity index (χ2n) is 6.03. The van der Waals surface area contributed by atoms with E-state index in [0.29, 0.717) is 0 Å². The Balaban J connectivity index is 1.58. The molecule has 1 fully saturated rings. The van der Waals surface area contributed by atoms with Crippen LogP contribution in [0, 0.1) is 13.8 Å². The molecule has 3 rings (SSSR count). The molecule has 0 bridgehead atoms. The molecule has 1 aliphatic rings. The molecule has 1 aromatic carbocycles. The largest absolute Gasteiger partial charge is 0.341 e. The fraction of sp³-hybridized carbons (Fsp3) is 0.333. The maximum absolute atomic E-state index is 5.59. The molecule has 120 valence electrons. The first-order valence-electron chi connectivity index (χ1n) is 7.98. The molecule has 0 radical (unpaired) electrons. The van der Waals surface area contributed by atoms with Gasteiger partial charge in [-0.2, -0.15) is 0 Å². The summed E-state index contributed by atoms with van der Waals surface area (Å²) in [7, 11) is 0. The minimum Gasteiger partial charge on any atom is -0.341 e. The number of piperazine rings is 1. The second-order valence-corrected chi connectivity index (χ2v) is 6.42. The molecule has 0 aliphatic carbocycles. The van der Waals surface area contributed by atoms with E-state index in [4.69, 9.17) is 12.2 Å². The van der Waals surface area contributed by atoms with Crippen LogP contribution in [-0.2, 0) is 0 Å². The van der Waals surface area contributed by atoms with E-state index in [1.54, 1.807) is 0 Å². The van der Waals surface area contributed by atoms with E-state index in [-0.39, 0.29) is 0 Å². The van der Waals surface area contributed by atoms with E-state index in [1.807, 2.05) is 12.3 Å². The minimum absolute atomic E-state index is 0.812. The van der Waals surface area contributed by atoms with Gasteiger partial charge in [-0.05, 0) is 55.4 Å². The van der Waals surface area contributed by atoms with Gasteiger partial charge >= 0.3 is 0 Å². The molecular formula is C18H23N4S+. The molecule has 1 aromatic heterocycles. The first kappa shape index (κ1) is 15.7. The summed E-state index contributed by atoms with van der Waals surface area (Å²) in [4.78, 5) is 7.89. The number of benzene rings is 1. The smallest absolute Gasteiger partial charge is 0.274 e. The Bertz CT molecular complexity index is 658. The highest BCUT2D eigenvalue weighted by molar-refractivity contribution is 7.80. The van der Waals surface area contributed by atoms with Crippen LogP contribution in [0.25, 0.3) is 0 Å². The molecule has 23 heavy (non-hydrogen) atoms. The van der Waals surface area contributed by atoms with Crippen molar-refractivity contribution in [1.29, 1.82) is 0 Å². The van der Waals surface area contributed by atoms with Gasteiger partial charge < -0.3 is 10.2 Å². The Morgan fingerprint density at radius 3 is 2.35 bits per heavy atom. The lowest BCUT2D eigenvalue weighted by Gasteiger charge is -2.32. The highest BCUT2D eigenvalue weighted by Gasteiger charge is 2.24. The number of hydrogen-bond acceptors (Lipinski definition) is 2. The van der Waals surface area contributed by atoms with E-state index in [1.165, 1.54) is 16.9 Å². The molecule has 2 heterocycles. The van der Waals surface area contributed by atoms with Crippen molar-refractivity contribution < 1.29 is 4.98 Å². The van der Waals surface area contributed by atoms with Gasteiger partial charge in [-0.1, -0.05) is 12.1 Å². The van der Waals surface area contributed by atoms with Crippen molar-refractivity contribution in [2.45, 2.75) is 13.8 Å². The fourth-order valence-electron chi connectivity index (χ4n) is 2.98. The van der Waals surface area contributed by atoms with E-state index in [9.17, 15) is 0 Å². The lowest BCUT2D eigenvalue weighted by molar-refractivity contribution is -0.364. The zero-order valence-corrected chi connectivity index (χ0v) is 14.5. The Morgan fingerprint density at radius 1 is 1.04 bits per heavy atom. The van der Waals surface area contributed by atoms with Crippen molar-refractivity contribution >= 4 is 28.8 Å². The average molecular weight is 327 g/mol. The van der Waals surface area contributed by atoms with Gasteiger partial charge in [0.2, 0.25) is 0 Å². The SMILES string of the molecule is Cc1cc(C)cc(NC(=S)N2CCN(c3cccc[nH+]3)CC2)c1. The maximum atomic E-state index is 5.59. The number of aryl methyl sites for hydroxylation is 2. The topological polar surface area (TPSA) is 32.6 Å². The van der Waals surface area contributed by atoms with Crippen molar-refractivity contribution in [3.05, 3.63) is 53.7 Å². The van der Waals surface area contributed by atoms with Crippen LogP contribution in [0.1, 0.15) is 11.1 Å². The third kappa shape index (κ3) is 3.99.